The molecule has 0 amide bonds. The molecule has 0 rings (SSSR count). The SMILES string of the molecule is FC(F)(F)CC(F)(F)C(I)C(F)(F)C(F)(F)F. The third-order valence-electron chi connectivity index (χ3n) is 1.50. The Kier molecular flexibility index (Phi) is 4.62. The molecule has 0 aromatic rings. The lowest BCUT2D eigenvalue weighted by molar-refractivity contribution is -0.300. The molecule has 0 nitrogen and oxygen atoms in total. The smallest absolute Gasteiger partial charge is 0.205 e. The minimum absolute atomic E-state index is 0.0277. The normalized spacial score (nSPS) is 17.1. The summed E-state index contributed by atoms with van der Waals surface area (Å²) in [5.74, 6) is -11.1. The van der Waals surface area contributed by atoms with Gasteiger partial charge >= 0.3 is 18.3 Å². The molecule has 0 saturated carbocycles. The Morgan fingerprint density at radius 1 is 0.765 bits per heavy atom. The summed E-state index contributed by atoms with van der Waals surface area (Å²) in [5.41, 5.74) is 0. The summed E-state index contributed by atoms with van der Waals surface area (Å²) in [6, 6.07) is 0. The summed E-state index contributed by atoms with van der Waals surface area (Å²) in [5, 5.41) is 0. The van der Waals surface area contributed by atoms with Gasteiger partial charge in [0.05, 0.1) is 0 Å². The Balaban J connectivity index is 5.10. The van der Waals surface area contributed by atoms with E-state index in [1.54, 1.807) is 0 Å². The highest BCUT2D eigenvalue weighted by molar-refractivity contribution is 14.1. The minimum Gasteiger partial charge on any atom is -0.205 e. The molecule has 0 bridgehead atoms. The molecular formula is C6H3F10I. The minimum atomic E-state index is -6.34. The van der Waals surface area contributed by atoms with Crippen molar-refractivity contribution in [1.29, 1.82) is 0 Å². The van der Waals surface area contributed by atoms with Crippen LogP contribution >= 0.6 is 22.6 Å². The summed E-state index contributed by atoms with van der Waals surface area (Å²) < 4.78 is 116. The Hall–Kier alpha value is 0.0300. The van der Waals surface area contributed by atoms with Crippen LogP contribution in [-0.4, -0.2) is 28.1 Å². The first-order chi connectivity index (χ1) is 7.11. The fourth-order valence-electron chi connectivity index (χ4n) is 0.766. The fraction of sp³-hybridized carbons (Fsp3) is 1.00. The Bertz CT molecular complexity index is 263. The van der Waals surface area contributed by atoms with Crippen LogP contribution in [0.5, 0.6) is 0 Å². The maximum Gasteiger partial charge on any atom is 0.454 e. The quantitative estimate of drug-likeness (QED) is 0.375. The Morgan fingerprint density at radius 2 is 1.12 bits per heavy atom. The molecule has 0 aromatic carbocycles. The van der Waals surface area contributed by atoms with Gasteiger partial charge in [-0.25, -0.2) is 8.78 Å². The first-order valence-electron chi connectivity index (χ1n) is 3.64. The van der Waals surface area contributed by atoms with Gasteiger partial charge in [-0.05, 0) is 0 Å². The van der Waals surface area contributed by atoms with Crippen LogP contribution in [0.25, 0.3) is 0 Å². The summed E-state index contributed by atoms with van der Waals surface area (Å²) in [4.78, 5) is 0. The summed E-state index contributed by atoms with van der Waals surface area (Å²) >= 11 is -0.0277. The van der Waals surface area contributed by atoms with E-state index in [2.05, 4.69) is 0 Å². The zero-order valence-corrected chi connectivity index (χ0v) is 9.60. The molecule has 0 aliphatic carbocycles. The maximum atomic E-state index is 12.6. The van der Waals surface area contributed by atoms with Crippen LogP contribution in [0.4, 0.5) is 43.9 Å². The lowest BCUT2D eigenvalue weighted by atomic mass is 10.1. The average molecular weight is 392 g/mol. The molecule has 0 aliphatic rings. The van der Waals surface area contributed by atoms with Gasteiger partial charge in [-0.3, -0.25) is 0 Å². The lowest BCUT2D eigenvalue weighted by Gasteiger charge is -2.30. The standard InChI is InChI=1S/C6H3F10I/c7-3(8,1-4(9,10)11)2(17)5(12,13)6(14,15)16/h2H,1H2. The van der Waals surface area contributed by atoms with Crippen molar-refractivity contribution >= 4 is 22.6 Å². The van der Waals surface area contributed by atoms with E-state index < -0.39 is 34.5 Å². The van der Waals surface area contributed by atoms with Crippen molar-refractivity contribution in [3.63, 3.8) is 0 Å². The molecule has 1 unspecified atom stereocenters. The van der Waals surface area contributed by atoms with Gasteiger partial charge in [0.25, 0.3) is 5.92 Å². The first kappa shape index (κ1) is 17.0. The van der Waals surface area contributed by atoms with Crippen molar-refractivity contribution in [2.45, 2.75) is 34.5 Å². The van der Waals surface area contributed by atoms with Gasteiger partial charge in [-0.1, -0.05) is 22.6 Å². The predicted molar refractivity (Wildman–Crippen MR) is 44.4 cm³/mol. The maximum absolute atomic E-state index is 12.6. The second-order valence-corrected chi connectivity index (χ2v) is 4.28. The molecule has 1 atom stereocenters. The predicted octanol–water partition coefficient (Wildman–Crippen LogP) is 4.58. The van der Waals surface area contributed by atoms with Crippen molar-refractivity contribution < 1.29 is 43.9 Å². The molecule has 17 heavy (non-hydrogen) atoms. The van der Waals surface area contributed by atoms with Crippen LogP contribution in [0.15, 0.2) is 0 Å². The molecule has 0 spiro atoms. The van der Waals surface area contributed by atoms with Gasteiger partial charge in [-0.2, -0.15) is 35.1 Å². The van der Waals surface area contributed by atoms with Crippen LogP contribution in [-0.2, 0) is 0 Å². The Labute approximate surface area is 101 Å². The number of halogens is 11. The largest absolute Gasteiger partial charge is 0.454 e. The van der Waals surface area contributed by atoms with E-state index in [9.17, 15) is 43.9 Å². The zero-order chi connectivity index (χ0) is 14.3. The van der Waals surface area contributed by atoms with Crippen molar-refractivity contribution in [3.8, 4) is 0 Å². The number of hydrogen-bond donors (Lipinski definition) is 0. The molecule has 0 radical (unpaired) electrons. The van der Waals surface area contributed by atoms with E-state index >= 15 is 0 Å². The van der Waals surface area contributed by atoms with E-state index in [0.29, 0.717) is 0 Å². The van der Waals surface area contributed by atoms with Gasteiger partial charge in [-0.15, -0.1) is 0 Å². The van der Waals surface area contributed by atoms with Crippen molar-refractivity contribution in [3.05, 3.63) is 0 Å². The van der Waals surface area contributed by atoms with Crippen LogP contribution in [0, 0.1) is 0 Å². The molecule has 104 valence electrons. The van der Waals surface area contributed by atoms with E-state index in [1.165, 1.54) is 0 Å². The highest BCUT2D eigenvalue weighted by Crippen LogP contribution is 2.49. The molecule has 0 saturated heterocycles. The third kappa shape index (κ3) is 4.32. The van der Waals surface area contributed by atoms with Gasteiger partial charge < -0.3 is 0 Å². The molecule has 11 heteroatoms. The van der Waals surface area contributed by atoms with E-state index in [1.807, 2.05) is 0 Å². The van der Waals surface area contributed by atoms with Crippen LogP contribution < -0.4 is 0 Å². The van der Waals surface area contributed by atoms with Gasteiger partial charge in [0.2, 0.25) is 0 Å². The van der Waals surface area contributed by atoms with Crippen molar-refractivity contribution in [1.82, 2.24) is 0 Å². The highest BCUT2D eigenvalue weighted by Gasteiger charge is 2.69. The van der Waals surface area contributed by atoms with Gasteiger partial charge in [0.1, 0.15) is 10.3 Å². The number of hydrogen-bond acceptors (Lipinski definition) is 0. The third-order valence-corrected chi connectivity index (χ3v) is 3.20. The van der Waals surface area contributed by atoms with Crippen LogP contribution in [0.1, 0.15) is 6.42 Å². The topological polar surface area (TPSA) is 0 Å². The number of rotatable bonds is 3. The van der Waals surface area contributed by atoms with Crippen LogP contribution in [0.3, 0.4) is 0 Å². The molecule has 0 heterocycles. The second-order valence-electron chi connectivity index (χ2n) is 3.04. The summed E-state index contributed by atoms with van der Waals surface area (Å²) in [6.07, 6.45) is -14.9. The van der Waals surface area contributed by atoms with Crippen molar-refractivity contribution in [2.75, 3.05) is 0 Å². The second kappa shape index (κ2) is 4.61. The lowest BCUT2D eigenvalue weighted by Crippen LogP contribution is -2.53. The molecule has 0 aromatic heterocycles. The van der Waals surface area contributed by atoms with Crippen LogP contribution in [0.2, 0.25) is 0 Å². The molecular weight excluding hydrogens is 389 g/mol. The van der Waals surface area contributed by atoms with Crippen molar-refractivity contribution in [2.24, 2.45) is 0 Å². The highest BCUT2D eigenvalue weighted by atomic mass is 127. The number of alkyl halides is 11. The van der Waals surface area contributed by atoms with E-state index in [4.69, 9.17) is 0 Å². The van der Waals surface area contributed by atoms with E-state index in [0.717, 1.165) is 0 Å². The molecule has 0 fully saturated rings. The fourth-order valence-corrected chi connectivity index (χ4v) is 1.34. The average Bonchev–Trinajstić information content (AvgIpc) is 1.95. The monoisotopic (exact) mass is 392 g/mol. The summed E-state index contributed by atoms with van der Waals surface area (Å²) in [6.45, 7) is 0. The zero-order valence-electron chi connectivity index (χ0n) is 7.44. The summed E-state index contributed by atoms with van der Waals surface area (Å²) in [7, 11) is 0. The Morgan fingerprint density at radius 3 is 1.35 bits per heavy atom. The van der Waals surface area contributed by atoms with Gasteiger partial charge in [0.15, 0.2) is 0 Å². The van der Waals surface area contributed by atoms with Gasteiger partial charge in [0, 0.05) is 0 Å². The molecule has 0 aliphatic heterocycles. The first-order valence-corrected chi connectivity index (χ1v) is 4.89. The molecule has 0 N–H and O–H groups in total. The van der Waals surface area contributed by atoms with E-state index in [-0.39, 0.29) is 22.6 Å².